The predicted molar refractivity (Wildman–Crippen MR) is 80.8 cm³/mol. The van der Waals surface area contributed by atoms with E-state index < -0.39 is 0 Å². The molecule has 4 rings (SSSR count). The second-order valence-corrected chi connectivity index (χ2v) is 5.87. The van der Waals surface area contributed by atoms with Crippen LogP contribution in [0, 0.1) is 0 Å². The molecule has 1 saturated heterocycles. The number of urea groups is 1. The molecule has 22 heavy (non-hydrogen) atoms. The van der Waals surface area contributed by atoms with E-state index in [0.717, 1.165) is 5.69 Å². The average molecular weight is 299 g/mol. The van der Waals surface area contributed by atoms with Gasteiger partial charge in [-0.3, -0.25) is 15.0 Å². The number of aromatic nitrogens is 2. The fraction of sp³-hybridized carbons (Fsp3) is 0.400. The lowest BCUT2D eigenvalue weighted by Gasteiger charge is -2.15. The lowest BCUT2D eigenvalue weighted by Crippen LogP contribution is -2.28. The number of nitrogens with one attached hydrogen (secondary N) is 2. The highest BCUT2D eigenvalue weighted by atomic mass is 16.2. The fourth-order valence-electron chi connectivity index (χ4n) is 2.89. The monoisotopic (exact) mass is 299 g/mol. The standard InChI is InChI=1S/C15H17N5O2/c1-16-5-11-7-19-6-10(9-2-3-9)4-12(14(19)17-11)20-8-13(21)18-15(20)22/h4,6-7,9,16H,2-3,5,8H2,1H3,(H,18,21,22). The minimum atomic E-state index is -0.377. The van der Waals surface area contributed by atoms with Gasteiger partial charge in [0, 0.05) is 18.9 Å². The van der Waals surface area contributed by atoms with Crippen molar-refractivity contribution in [1.29, 1.82) is 0 Å². The molecular weight excluding hydrogens is 282 g/mol. The van der Waals surface area contributed by atoms with Crippen LogP contribution >= 0.6 is 0 Å². The van der Waals surface area contributed by atoms with Gasteiger partial charge in [-0.1, -0.05) is 0 Å². The van der Waals surface area contributed by atoms with Gasteiger partial charge in [0.15, 0.2) is 5.65 Å². The Morgan fingerprint density at radius 3 is 2.82 bits per heavy atom. The van der Waals surface area contributed by atoms with Crippen LogP contribution in [0.5, 0.6) is 0 Å². The van der Waals surface area contributed by atoms with Crippen LogP contribution < -0.4 is 15.5 Å². The van der Waals surface area contributed by atoms with Gasteiger partial charge in [0.05, 0.1) is 11.4 Å². The number of nitrogens with zero attached hydrogens (tertiary/aromatic N) is 3. The average Bonchev–Trinajstić information content (AvgIpc) is 3.16. The van der Waals surface area contributed by atoms with Gasteiger partial charge in [0.25, 0.3) is 0 Å². The summed E-state index contributed by atoms with van der Waals surface area (Å²) in [5.74, 6) is 0.279. The molecule has 114 valence electrons. The van der Waals surface area contributed by atoms with Crippen LogP contribution in [0.3, 0.4) is 0 Å². The first kappa shape index (κ1) is 13.3. The molecule has 2 aromatic rings. The van der Waals surface area contributed by atoms with Crippen LogP contribution in [0.1, 0.15) is 30.0 Å². The minimum absolute atomic E-state index is 0.0524. The molecule has 0 aromatic carbocycles. The maximum absolute atomic E-state index is 12.0. The summed E-state index contributed by atoms with van der Waals surface area (Å²) in [5, 5.41) is 5.40. The minimum Gasteiger partial charge on any atom is -0.314 e. The van der Waals surface area contributed by atoms with Gasteiger partial charge in [0.2, 0.25) is 5.91 Å². The van der Waals surface area contributed by atoms with Crippen molar-refractivity contribution in [3.05, 3.63) is 29.7 Å². The second-order valence-electron chi connectivity index (χ2n) is 5.87. The first-order valence-electron chi connectivity index (χ1n) is 7.43. The van der Waals surface area contributed by atoms with E-state index in [4.69, 9.17) is 0 Å². The van der Waals surface area contributed by atoms with Crippen molar-refractivity contribution in [3.8, 4) is 0 Å². The van der Waals surface area contributed by atoms with Gasteiger partial charge in [-0.05, 0) is 37.4 Å². The lowest BCUT2D eigenvalue weighted by atomic mass is 10.1. The summed E-state index contributed by atoms with van der Waals surface area (Å²) in [5.41, 5.74) is 3.51. The highest BCUT2D eigenvalue weighted by Gasteiger charge is 2.32. The molecule has 2 N–H and O–H groups in total. The number of carbonyl (C=O) groups is 2. The molecule has 2 aliphatic rings. The molecule has 0 atom stereocenters. The summed E-state index contributed by atoms with van der Waals surface area (Å²) in [4.78, 5) is 29.6. The fourth-order valence-corrected chi connectivity index (χ4v) is 2.89. The smallest absolute Gasteiger partial charge is 0.314 e. The number of imide groups is 1. The number of carbonyl (C=O) groups excluding carboxylic acids is 2. The topological polar surface area (TPSA) is 78.7 Å². The van der Waals surface area contributed by atoms with E-state index in [2.05, 4.69) is 21.8 Å². The van der Waals surface area contributed by atoms with Crippen molar-refractivity contribution in [2.75, 3.05) is 18.5 Å². The Morgan fingerprint density at radius 1 is 1.36 bits per heavy atom. The highest BCUT2D eigenvalue weighted by molar-refractivity contribution is 6.13. The van der Waals surface area contributed by atoms with E-state index >= 15 is 0 Å². The van der Waals surface area contributed by atoms with Crippen LogP contribution in [-0.2, 0) is 11.3 Å². The van der Waals surface area contributed by atoms with Gasteiger partial charge in [-0.15, -0.1) is 0 Å². The molecule has 7 heteroatoms. The lowest BCUT2D eigenvalue weighted by molar-refractivity contribution is -0.117. The molecule has 1 aliphatic heterocycles. The van der Waals surface area contributed by atoms with Crippen molar-refractivity contribution in [3.63, 3.8) is 0 Å². The highest BCUT2D eigenvalue weighted by Crippen LogP contribution is 2.42. The molecular formula is C15H17N5O2. The molecule has 1 saturated carbocycles. The summed E-state index contributed by atoms with van der Waals surface area (Å²) in [7, 11) is 1.87. The molecule has 3 heterocycles. The number of rotatable bonds is 4. The molecule has 2 aromatic heterocycles. The van der Waals surface area contributed by atoms with Gasteiger partial charge in [-0.2, -0.15) is 0 Å². The molecule has 1 aliphatic carbocycles. The Kier molecular flexibility index (Phi) is 2.90. The predicted octanol–water partition coefficient (Wildman–Crippen LogP) is 0.987. The molecule has 0 bridgehead atoms. The van der Waals surface area contributed by atoms with E-state index in [9.17, 15) is 9.59 Å². The van der Waals surface area contributed by atoms with Crippen molar-refractivity contribution >= 4 is 23.3 Å². The van der Waals surface area contributed by atoms with E-state index in [0.29, 0.717) is 23.8 Å². The van der Waals surface area contributed by atoms with Crippen LogP contribution in [-0.4, -0.2) is 34.9 Å². The van der Waals surface area contributed by atoms with Crippen LogP contribution in [0.25, 0.3) is 5.65 Å². The third kappa shape index (κ3) is 2.14. The number of fused-ring (bicyclic) bond motifs is 1. The first-order chi connectivity index (χ1) is 10.7. The summed E-state index contributed by atoms with van der Waals surface area (Å²) >= 11 is 0. The molecule has 2 fully saturated rings. The van der Waals surface area contributed by atoms with E-state index in [1.807, 2.05) is 23.7 Å². The Balaban J connectivity index is 1.86. The number of imidazole rings is 1. The van der Waals surface area contributed by atoms with Crippen LogP contribution in [0.4, 0.5) is 10.5 Å². The van der Waals surface area contributed by atoms with Crippen molar-refractivity contribution in [2.45, 2.75) is 25.3 Å². The zero-order chi connectivity index (χ0) is 15.3. The second kappa shape index (κ2) is 4.81. The van der Waals surface area contributed by atoms with E-state index in [-0.39, 0.29) is 18.5 Å². The SMILES string of the molecule is CNCc1cn2cc(C3CC3)cc(N3CC(=O)NC3=O)c2n1. The maximum Gasteiger partial charge on any atom is 0.329 e. The number of amides is 3. The maximum atomic E-state index is 12.0. The van der Waals surface area contributed by atoms with Crippen LogP contribution in [0.2, 0.25) is 0 Å². The quantitative estimate of drug-likeness (QED) is 0.825. The number of hydrogen-bond donors (Lipinski definition) is 2. The van der Waals surface area contributed by atoms with Crippen molar-refractivity contribution < 1.29 is 9.59 Å². The number of anilines is 1. The van der Waals surface area contributed by atoms with Crippen LogP contribution in [0.15, 0.2) is 18.5 Å². The molecule has 0 unspecified atom stereocenters. The van der Waals surface area contributed by atoms with Gasteiger partial charge >= 0.3 is 6.03 Å². The summed E-state index contributed by atoms with van der Waals surface area (Å²) in [6.07, 6.45) is 6.40. The molecule has 0 radical (unpaired) electrons. The first-order valence-corrected chi connectivity index (χ1v) is 7.43. The number of hydrogen-bond acceptors (Lipinski definition) is 4. The zero-order valence-electron chi connectivity index (χ0n) is 12.3. The normalized spacial score (nSPS) is 18.3. The Labute approximate surface area is 127 Å². The third-order valence-electron chi connectivity index (χ3n) is 4.09. The van der Waals surface area contributed by atoms with E-state index in [1.54, 1.807) is 0 Å². The molecule has 7 nitrogen and oxygen atoms in total. The largest absolute Gasteiger partial charge is 0.329 e. The number of pyridine rings is 1. The zero-order valence-corrected chi connectivity index (χ0v) is 12.3. The Hall–Kier alpha value is -2.41. The molecule has 3 amide bonds. The van der Waals surface area contributed by atoms with Gasteiger partial charge in [0.1, 0.15) is 6.54 Å². The van der Waals surface area contributed by atoms with Crippen molar-refractivity contribution in [1.82, 2.24) is 20.0 Å². The van der Waals surface area contributed by atoms with Gasteiger partial charge in [-0.25, -0.2) is 9.78 Å². The third-order valence-corrected chi connectivity index (χ3v) is 4.09. The van der Waals surface area contributed by atoms with Gasteiger partial charge < -0.3 is 9.72 Å². The Bertz CT molecular complexity index is 778. The van der Waals surface area contributed by atoms with E-state index in [1.165, 1.54) is 23.3 Å². The molecule has 0 spiro atoms. The van der Waals surface area contributed by atoms with Crippen molar-refractivity contribution in [2.24, 2.45) is 0 Å². The summed E-state index contributed by atoms with van der Waals surface area (Å²) < 4.78 is 1.96. The summed E-state index contributed by atoms with van der Waals surface area (Å²) in [6.45, 7) is 0.710. The summed E-state index contributed by atoms with van der Waals surface area (Å²) in [6, 6.07) is 1.62. The Morgan fingerprint density at radius 2 is 2.18 bits per heavy atom.